The number of fused-ring (bicyclic) bond motifs is 2. The molecule has 0 radical (unpaired) electrons. The van der Waals surface area contributed by atoms with Crippen molar-refractivity contribution in [2.45, 2.75) is 19.0 Å². The van der Waals surface area contributed by atoms with E-state index in [2.05, 4.69) is 9.97 Å². The Morgan fingerprint density at radius 1 is 1.53 bits per heavy atom. The molecule has 1 N–H and O–H groups in total. The van der Waals surface area contributed by atoms with E-state index in [1.165, 1.54) is 11.9 Å². The Morgan fingerprint density at radius 2 is 2.33 bits per heavy atom. The molecular weight excluding hydrogens is 196 g/mol. The van der Waals surface area contributed by atoms with Gasteiger partial charge in [-0.25, -0.2) is 9.78 Å². The molecule has 3 amide bonds. The minimum atomic E-state index is -0.349. The second-order valence-electron chi connectivity index (χ2n) is 3.86. The molecule has 0 spiro atoms. The van der Waals surface area contributed by atoms with Crippen LogP contribution < -0.4 is 0 Å². The van der Waals surface area contributed by atoms with Gasteiger partial charge in [-0.15, -0.1) is 0 Å². The molecule has 3 rings (SSSR count). The molecule has 1 unspecified atom stereocenters. The molecule has 0 bridgehead atoms. The maximum atomic E-state index is 11.7. The number of nitrogens with one attached hydrogen (secondary N) is 1. The summed E-state index contributed by atoms with van der Waals surface area (Å²) in [5.74, 6) is -0.131. The summed E-state index contributed by atoms with van der Waals surface area (Å²) in [6, 6.07) is -0.566. The highest BCUT2D eigenvalue weighted by atomic mass is 16.2. The van der Waals surface area contributed by atoms with Gasteiger partial charge in [0.25, 0.3) is 5.91 Å². The van der Waals surface area contributed by atoms with Crippen LogP contribution in [0.2, 0.25) is 0 Å². The summed E-state index contributed by atoms with van der Waals surface area (Å²) in [7, 11) is 1.52. The van der Waals surface area contributed by atoms with Gasteiger partial charge in [0.15, 0.2) is 0 Å². The molecule has 1 aromatic rings. The van der Waals surface area contributed by atoms with E-state index < -0.39 is 0 Å². The van der Waals surface area contributed by atoms with Crippen molar-refractivity contribution < 1.29 is 9.59 Å². The third-order valence-corrected chi connectivity index (χ3v) is 3.05. The second kappa shape index (κ2) is 2.59. The SMILES string of the molecule is CN1C(=O)C2Cc3nc[nH]c3CN2C1=O. The number of urea groups is 1. The van der Waals surface area contributed by atoms with Crippen LogP contribution in [0.1, 0.15) is 11.4 Å². The normalized spacial score (nSPS) is 24.5. The molecule has 2 aliphatic heterocycles. The number of imide groups is 1. The number of imidazole rings is 1. The number of likely N-dealkylation sites (N-methyl/N-ethyl adjacent to an activating group) is 1. The maximum Gasteiger partial charge on any atom is 0.327 e. The van der Waals surface area contributed by atoms with Crippen LogP contribution in [0.5, 0.6) is 0 Å². The lowest BCUT2D eigenvalue weighted by molar-refractivity contribution is -0.127. The first-order valence-electron chi connectivity index (χ1n) is 4.78. The lowest BCUT2D eigenvalue weighted by atomic mass is 10.0. The van der Waals surface area contributed by atoms with Crippen molar-refractivity contribution >= 4 is 11.9 Å². The molecule has 6 heteroatoms. The Hall–Kier alpha value is -1.85. The predicted octanol–water partition coefficient (Wildman–Crippen LogP) is -0.272. The Balaban J connectivity index is 2.02. The van der Waals surface area contributed by atoms with Crippen molar-refractivity contribution in [1.29, 1.82) is 0 Å². The number of carbonyl (C=O) groups excluding carboxylic acids is 2. The van der Waals surface area contributed by atoms with Gasteiger partial charge >= 0.3 is 6.03 Å². The van der Waals surface area contributed by atoms with E-state index in [1.54, 1.807) is 11.2 Å². The number of aromatic amines is 1. The predicted molar refractivity (Wildman–Crippen MR) is 49.8 cm³/mol. The lowest BCUT2D eigenvalue weighted by Crippen LogP contribution is -2.40. The van der Waals surface area contributed by atoms with Gasteiger partial charge in [0, 0.05) is 13.5 Å². The fourth-order valence-corrected chi connectivity index (χ4v) is 2.17. The standard InChI is InChI=1S/C9H10N4O2/c1-12-8(14)7-2-5-6(11-4-10-5)3-13(7)9(12)15/h4,7H,2-3H2,1H3,(H,10,11). The van der Waals surface area contributed by atoms with Crippen LogP contribution in [0.15, 0.2) is 6.33 Å². The van der Waals surface area contributed by atoms with Gasteiger partial charge in [0.2, 0.25) is 0 Å². The van der Waals surface area contributed by atoms with Crippen LogP contribution in [0.3, 0.4) is 0 Å². The molecule has 1 atom stereocenters. The number of rotatable bonds is 0. The summed E-state index contributed by atoms with van der Waals surface area (Å²) >= 11 is 0. The topological polar surface area (TPSA) is 69.3 Å². The molecule has 0 saturated carbocycles. The van der Waals surface area contributed by atoms with E-state index in [0.29, 0.717) is 13.0 Å². The molecule has 15 heavy (non-hydrogen) atoms. The third kappa shape index (κ3) is 0.958. The molecule has 1 fully saturated rings. The Kier molecular flexibility index (Phi) is 1.46. The minimum absolute atomic E-state index is 0.131. The highest BCUT2D eigenvalue weighted by Crippen LogP contribution is 2.27. The summed E-state index contributed by atoms with van der Waals surface area (Å²) in [6.07, 6.45) is 2.12. The van der Waals surface area contributed by atoms with Crippen molar-refractivity contribution in [3.8, 4) is 0 Å². The number of amides is 3. The Morgan fingerprint density at radius 3 is 3.13 bits per heavy atom. The molecule has 3 heterocycles. The molecule has 0 aromatic carbocycles. The molecule has 1 aromatic heterocycles. The highest BCUT2D eigenvalue weighted by molar-refractivity contribution is 6.04. The molecule has 1 saturated heterocycles. The third-order valence-electron chi connectivity index (χ3n) is 3.05. The Bertz CT molecular complexity index is 414. The van der Waals surface area contributed by atoms with E-state index in [4.69, 9.17) is 0 Å². The first-order chi connectivity index (χ1) is 7.18. The van der Waals surface area contributed by atoms with Crippen molar-refractivity contribution in [2.75, 3.05) is 7.05 Å². The van der Waals surface area contributed by atoms with Crippen LogP contribution in [0.4, 0.5) is 4.79 Å². The van der Waals surface area contributed by atoms with Crippen LogP contribution >= 0.6 is 0 Å². The van der Waals surface area contributed by atoms with Crippen molar-refractivity contribution in [2.24, 2.45) is 0 Å². The largest absolute Gasteiger partial charge is 0.347 e. The van der Waals surface area contributed by atoms with Crippen molar-refractivity contribution in [3.63, 3.8) is 0 Å². The number of carbonyl (C=O) groups is 2. The quantitative estimate of drug-likeness (QED) is 0.594. The van der Waals surface area contributed by atoms with Gasteiger partial charge in [-0.2, -0.15) is 0 Å². The molecular formula is C9H10N4O2. The minimum Gasteiger partial charge on any atom is -0.347 e. The average molecular weight is 206 g/mol. The first kappa shape index (κ1) is 8.46. The molecule has 78 valence electrons. The lowest BCUT2D eigenvalue weighted by Gasteiger charge is -2.25. The first-order valence-corrected chi connectivity index (χ1v) is 4.78. The van der Waals surface area contributed by atoms with E-state index in [0.717, 1.165) is 11.4 Å². The van der Waals surface area contributed by atoms with E-state index in [-0.39, 0.29) is 18.0 Å². The molecule has 0 aliphatic carbocycles. The van der Waals surface area contributed by atoms with Gasteiger partial charge in [0.05, 0.1) is 24.3 Å². The summed E-state index contributed by atoms with van der Waals surface area (Å²) in [5.41, 5.74) is 1.83. The summed E-state index contributed by atoms with van der Waals surface area (Å²) in [6.45, 7) is 0.453. The smallest absolute Gasteiger partial charge is 0.327 e. The number of hydrogen-bond donors (Lipinski definition) is 1. The number of nitrogens with zero attached hydrogens (tertiary/aromatic N) is 3. The monoisotopic (exact) mass is 206 g/mol. The van der Waals surface area contributed by atoms with Crippen LogP contribution in [-0.2, 0) is 17.8 Å². The van der Waals surface area contributed by atoms with Crippen molar-refractivity contribution in [3.05, 3.63) is 17.7 Å². The van der Waals surface area contributed by atoms with Gasteiger partial charge in [-0.1, -0.05) is 0 Å². The fourth-order valence-electron chi connectivity index (χ4n) is 2.17. The van der Waals surface area contributed by atoms with Gasteiger partial charge in [0.1, 0.15) is 6.04 Å². The second-order valence-corrected chi connectivity index (χ2v) is 3.86. The van der Waals surface area contributed by atoms with Crippen molar-refractivity contribution in [1.82, 2.24) is 19.8 Å². The zero-order chi connectivity index (χ0) is 10.6. The summed E-state index contributed by atoms with van der Waals surface area (Å²) in [5, 5.41) is 0. The van der Waals surface area contributed by atoms with Gasteiger partial charge < -0.3 is 9.88 Å². The average Bonchev–Trinajstić information content (AvgIpc) is 2.77. The fraction of sp³-hybridized carbons (Fsp3) is 0.444. The van der Waals surface area contributed by atoms with E-state index in [1.807, 2.05) is 0 Å². The highest BCUT2D eigenvalue weighted by Gasteiger charge is 2.46. The van der Waals surface area contributed by atoms with Crippen LogP contribution in [0, 0.1) is 0 Å². The zero-order valence-electron chi connectivity index (χ0n) is 8.23. The molecule has 6 nitrogen and oxygen atoms in total. The van der Waals surface area contributed by atoms with Gasteiger partial charge in [-0.05, 0) is 0 Å². The van der Waals surface area contributed by atoms with Gasteiger partial charge in [-0.3, -0.25) is 9.69 Å². The van der Waals surface area contributed by atoms with E-state index in [9.17, 15) is 9.59 Å². The summed E-state index contributed by atoms with van der Waals surface area (Å²) in [4.78, 5) is 33.3. The van der Waals surface area contributed by atoms with E-state index >= 15 is 0 Å². The number of H-pyrrole nitrogens is 1. The van der Waals surface area contributed by atoms with Crippen LogP contribution in [-0.4, -0.2) is 44.8 Å². The summed E-state index contributed by atoms with van der Waals surface area (Å²) < 4.78 is 0. The Labute approximate surface area is 85.9 Å². The van der Waals surface area contributed by atoms with Crippen LogP contribution in [0.25, 0.3) is 0 Å². The zero-order valence-corrected chi connectivity index (χ0v) is 8.23. The molecule has 2 aliphatic rings. The maximum absolute atomic E-state index is 11.7. The number of hydrogen-bond acceptors (Lipinski definition) is 3. The number of aromatic nitrogens is 2.